The summed E-state index contributed by atoms with van der Waals surface area (Å²) in [6.07, 6.45) is 13.4. The van der Waals surface area contributed by atoms with Crippen molar-refractivity contribution in [3.8, 4) is 22.7 Å². The molecule has 0 aliphatic heterocycles. The first-order chi connectivity index (χ1) is 27.4. The van der Waals surface area contributed by atoms with E-state index in [0.29, 0.717) is 47.3 Å². The molecule has 0 saturated carbocycles. The first kappa shape index (κ1) is 50.2. The summed E-state index contributed by atoms with van der Waals surface area (Å²) >= 11 is 0. The number of hydrogen-bond donors (Lipinski definition) is 0. The van der Waals surface area contributed by atoms with Gasteiger partial charge in [-0.1, -0.05) is 184 Å². The van der Waals surface area contributed by atoms with Gasteiger partial charge in [0.2, 0.25) is 0 Å². The van der Waals surface area contributed by atoms with Crippen LogP contribution >= 0.6 is 0 Å². The van der Waals surface area contributed by atoms with E-state index in [1.807, 2.05) is 0 Å². The topological polar surface area (TPSA) is 17.6 Å². The van der Waals surface area contributed by atoms with E-state index in [1.165, 1.54) is 67.3 Å². The first-order valence-corrected chi connectivity index (χ1v) is 22.1. The Kier molecular flexibility index (Phi) is 18.1. The molecule has 4 nitrogen and oxygen atoms in total. The van der Waals surface area contributed by atoms with E-state index < -0.39 is 0 Å². The molecule has 0 aliphatic carbocycles. The highest BCUT2D eigenvalue weighted by Crippen LogP contribution is 2.34. The lowest BCUT2D eigenvalue weighted by atomic mass is 9.92. The number of rotatable bonds is 12. The summed E-state index contributed by atoms with van der Waals surface area (Å²) in [6, 6.07) is 27.0. The predicted octanol–water partition coefficient (Wildman–Crippen LogP) is 8.50. The maximum Gasteiger partial charge on any atom is 0.254 e. The van der Waals surface area contributed by atoms with Gasteiger partial charge in [-0.25, -0.2) is 18.3 Å². The molecule has 6 rings (SSSR count). The van der Waals surface area contributed by atoms with Crippen molar-refractivity contribution in [2.75, 3.05) is 0 Å². The van der Waals surface area contributed by atoms with E-state index in [9.17, 15) is 0 Å². The summed E-state index contributed by atoms with van der Waals surface area (Å²) in [6.45, 7) is 36.5. The number of nitrogens with zero attached hydrogens (tertiary/aromatic N) is 4. The fraction of sp³-hybridized carbons (Fsp3) is 0.444. The lowest BCUT2D eigenvalue weighted by Gasteiger charge is -2.17. The van der Waals surface area contributed by atoms with E-state index in [1.54, 1.807) is 0 Å². The summed E-state index contributed by atoms with van der Waals surface area (Å²) in [5, 5.41) is 0. The van der Waals surface area contributed by atoms with Crippen LogP contribution in [0.25, 0.3) is 22.7 Å². The Hall–Kier alpha value is -4.12. The summed E-state index contributed by atoms with van der Waals surface area (Å²) in [5.41, 5.74) is 16.6. The standard InChI is InChI=1S/2C27H37N2.2ClH/c2*1-18(2)22-11-9-12-23(19(3)4)26(22)28-15-16-29(17-28)27-24(20(5)6)13-10-14-25(27)21(7)8;;/h2*9-21H,1-8H3;2*1H/q2*+1;;/p-2. The minimum absolute atomic E-state index is 0. The van der Waals surface area contributed by atoms with Crippen molar-refractivity contribution in [1.29, 1.82) is 0 Å². The van der Waals surface area contributed by atoms with Gasteiger partial charge in [-0.15, -0.1) is 0 Å². The number of benzene rings is 4. The Bertz CT molecular complexity index is 1860. The van der Waals surface area contributed by atoms with Gasteiger partial charge >= 0.3 is 0 Å². The summed E-state index contributed by atoms with van der Waals surface area (Å²) in [5.74, 6) is 3.84. The highest BCUT2D eigenvalue weighted by Gasteiger charge is 2.26. The number of imidazole rings is 2. The number of halogens is 2. The molecule has 0 unspecified atom stereocenters. The van der Waals surface area contributed by atoms with Gasteiger partial charge in [0.25, 0.3) is 12.7 Å². The first-order valence-electron chi connectivity index (χ1n) is 22.1. The smallest absolute Gasteiger partial charge is 0.254 e. The Balaban J connectivity index is 0.000000310. The zero-order valence-electron chi connectivity index (χ0n) is 39.6. The number of hydrogen-bond acceptors (Lipinski definition) is 0. The number of aromatic nitrogens is 4. The van der Waals surface area contributed by atoms with E-state index in [2.05, 4.69) is 239 Å². The Morgan fingerprint density at radius 1 is 0.317 bits per heavy atom. The molecule has 0 N–H and O–H groups in total. The van der Waals surface area contributed by atoms with Gasteiger partial charge in [0.1, 0.15) is 47.5 Å². The molecule has 0 spiro atoms. The summed E-state index contributed by atoms with van der Waals surface area (Å²) in [4.78, 5) is 0. The summed E-state index contributed by atoms with van der Waals surface area (Å²) < 4.78 is 9.30. The number of para-hydroxylation sites is 4. The molecular formula is C54H74Cl2N4. The third-order valence-electron chi connectivity index (χ3n) is 11.7. The quantitative estimate of drug-likeness (QED) is 0.110. The van der Waals surface area contributed by atoms with Crippen molar-refractivity contribution in [2.45, 2.75) is 158 Å². The van der Waals surface area contributed by atoms with E-state index >= 15 is 0 Å². The second-order valence-electron chi connectivity index (χ2n) is 18.8. The molecule has 6 aromatic rings. The minimum Gasteiger partial charge on any atom is -1.00 e. The van der Waals surface area contributed by atoms with Crippen molar-refractivity contribution in [3.05, 3.63) is 155 Å². The van der Waals surface area contributed by atoms with E-state index in [0.717, 1.165) is 0 Å². The average molecular weight is 850 g/mol. The van der Waals surface area contributed by atoms with Crippen LogP contribution in [0.15, 0.2) is 110 Å². The van der Waals surface area contributed by atoms with Crippen LogP contribution in [0.4, 0.5) is 0 Å². The van der Waals surface area contributed by atoms with Gasteiger partial charge in [0.15, 0.2) is 0 Å². The van der Waals surface area contributed by atoms with Crippen molar-refractivity contribution in [1.82, 2.24) is 9.13 Å². The van der Waals surface area contributed by atoms with Crippen LogP contribution in [0.5, 0.6) is 0 Å². The van der Waals surface area contributed by atoms with Crippen molar-refractivity contribution in [2.24, 2.45) is 0 Å². The van der Waals surface area contributed by atoms with Crippen LogP contribution in [0, 0.1) is 0 Å². The van der Waals surface area contributed by atoms with Gasteiger partial charge in [0, 0.05) is 44.5 Å². The molecular weight excluding hydrogens is 776 g/mol. The maximum atomic E-state index is 2.33. The van der Waals surface area contributed by atoms with Crippen molar-refractivity contribution >= 4 is 0 Å². The van der Waals surface area contributed by atoms with Gasteiger partial charge < -0.3 is 24.8 Å². The molecule has 0 amide bonds. The Morgan fingerprint density at radius 3 is 0.717 bits per heavy atom. The van der Waals surface area contributed by atoms with E-state index in [-0.39, 0.29) is 24.8 Å². The largest absolute Gasteiger partial charge is 1.00 e. The third kappa shape index (κ3) is 10.8. The van der Waals surface area contributed by atoms with Crippen molar-refractivity contribution in [3.63, 3.8) is 0 Å². The van der Waals surface area contributed by atoms with E-state index in [4.69, 9.17) is 0 Å². The van der Waals surface area contributed by atoms with Crippen molar-refractivity contribution < 1.29 is 33.9 Å². The third-order valence-corrected chi connectivity index (χ3v) is 11.7. The highest BCUT2D eigenvalue weighted by molar-refractivity contribution is 5.53. The molecule has 0 aliphatic rings. The lowest BCUT2D eigenvalue weighted by molar-refractivity contribution is -0.596. The van der Waals surface area contributed by atoms with Gasteiger partial charge in [-0.3, -0.25) is 0 Å². The molecule has 0 bridgehead atoms. The molecule has 0 radical (unpaired) electrons. The van der Waals surface area contributed by atoms with Crippen LogP contribution in [0.2, 0.25) is 0 Å². The molecule has 0 saturated heterocycles. The zero-order chi connectivity index (χ0) is 42.6. The fourth-order valence-electron chi connectivity index (χ4n) is 8.48. The second-order valence-corrected chi connectivity index (χ2v) is 18.8. The SMILES string of the molecule is CC(C)c1cccc(C(C)C)c1-n1cc[n+](-c2c(C(C)C)cccc2C(C)C)c1.CC(C)c1cccc(C(C)C)c1-n1cc[n+](-c2c(C(C)C)cccc2C(C)C)c1.[Cl-].[Cl-]. The molecule has 324 valence electrons. The molecule has 2 heterocycles. The predicted molar refractivity (Wildman–Crippen MR) is 247 cm³/mol. The summed E-state index contributed by atoms with van der Waals surface area (Å²) in [7, 11) is 0. The normalized spacial score (nSPS) is 11.6. The maximum absolute atomic E-state index is 2.33. The molecule has 0 atom stereocenters. The Labute approximate surface area is 376 Å². The lowest BCUT2D eigenvalue weighted by Crippen LogP contribution is -3.00. The average Bonchev–Trinajstić information content (AvgIpc) is 3.87. The Morgan fingerprint density at radius 2 is 0.517 bits per heavy atom. The molecule has 2 aromatic heterocycles. The van der Waals surface area contributed by atoms with Gasteiger partial charge in [0.05, 0.1) is 0 Å². The van der Waals surface area contributed by atoms with Crippen LogP contribution in [-0.2, 0) is 0 Å². The fourth-order valence-corrected chi connectivity index (χ4v) is 8.48. The molecule has 60 heavy (non-hydrogen) atoms. The highest BCUT2D eigenvalue weighted by atomic mass is 35.5. The molecule has 0 fully saturated rings. The monoisotopic (exact) mass is 849 g/mol. The minimum atomic E-state index is 0. The van der Waals surface area contributed by atoms with Gasteiger partial charge in [-0.05, 0) is 47.3 Å². The van der Waals surface area contributed by atoms with Crippen LogP contribution < -0.4 is 33.9 Å². The van der Waals surface area contributed by atoms with Crippen LogP contribution in [0.3, 0.4) is 0 Å². The molecule has 4 aromatic carbocycles. The second kappa shape index (κ2) is 21.6. The zero-order valence-corrected chi connectivity index (χ0v) is 41.1. The molecule has 6 heteroatoms. The van der Waals surface area contributed by atoms with Gasteiger partial charge in [-0.2, -0.15) is 0 Å². The van der Waals surface area contributed by atoms with Crippen LogP contribution in [0.1, 0.15) is 203 Å². The van der Waals surface area contributed by atoms with Crippen LogP contribution in [-0.4, -0.2) is 9.13 Å².